The van der Waals surface area contributed by atoms with Gasteiger partial charge in [0.15, 0.2) is 29.2 Å². The summed E-state index contributed by atoms with van der Waals surface area (Å²) in [7, 11) is 2.52. The number of nitro groups is 2. The Morgan fingerprint density at radius 1 is 0.705 bits per heavy atom. The third kappa shape index (κ3) is 9.46. The number of nitro benzene ring substituents is 2. The molecule has 4 aromatic rings. The standard InChI is InChI=1S/C42H36F2N4O13/c1-24(50)61-40-16-28(26-7-11-30(44)12-8-26)22-46(40)42(52)33-18-37(58-3)39(20-35(33)48(55)56)60-14-4-13-59-38-19-34(47(53)54)32(17-36(38)57-2)41(51)45-21-27(15-31(45)23-49)25-5-9-29(43)10-6-25/h5-12,17-23,31,40H,4,13-16H2,1-3H3/t31-,40+/m0/s1. The van der Waals surface area contributed by atoms with Gasteiger partial charge < -0.3 is 33.4 Å². The molecule has 0 fully saturated rings. The molecule has 2 aliphatic rings. The minimum Gasteiger partial charge on any atom is -0.493 e. The summed E-state index contributed by atoms with van der Waals surface area (Å²) < 4.78 is 54.8. The first-order valence-corrected chi connectivity index (χ1v) is 18.4. The number of carbonyl (C=O) groups excluding carboxylic acids is 4. The van der Waals surface area contributed by atoms with E-state index in [1.807, 2.05) is 0 Å². The first-order valence-electron chi connectivity index (χ1n) is 18.4. The third-order valence-electron chi connectivity index (χ3n) is 9.66. The lowest BCUT2D eigenvalue weighted by molar-refractivity contribution is -0.385. The van der Waals surface area contributed by atoms with Crippen molar-refractivity contribution in [2.24, 2.45) is 0 Å². The average molecular weight is 843 g/mol. The van der Waals surface area contributed by atoms with Crippen molar-refractivity contribution in [2.75, 3.05) is 27.4 Å². The van der Waals surface area contributed by atoms with Crippen LogP contribution in [0.5, 0.6) is 23.0 Å². The fraction of sp³-hybridized carbons (Fsp3) is 0.238. The Bertz CT molecular complexity index is 2460. The van der Waals surface area contributed by atoms with Gasteiger partial charge in [-0.05, 0) is 46.5 Å². The van der Waals surface area contributed by atoms with Crippen molar-refractivity contribution in [1.29, 1.82) is 0 Å². The van der Waals surface area contributed by atoms with E-state index in [9.17, 15) is 48.2 Å². The van der Waals surface area contributed by atoms with Crippen LogP contribution in [-0.2, 0) is 14.3 Å². The quantitative estimate of drug-likeness (QED) is 0.0371. The van der Waals surface area contributed by atoms with Crippen molar-refractivity contribution in [2.45, 2.75) is 38.5 Å². The number of carbonyl (C=O) groups is 4. The summed E-state index contributed by atoms with van der Waals surface area (Å²) >= 11 is 0. The molecule has 0 saturated carbocycles. The molecule has 0 radical (unpaired) electrons. The molecular formula is C42H36F2N4O13. The summed E-state index contributed by atoms with van der Waals surface area (Å²) in [4.78, 5) is 76.4. The van der Waals surface area contributed by atoms with Gasteiger partial charge in [0.2, 0.25) is 0 Å². The highest BCUT2D eigenvalue weighted by molar-refractivity contribution is 6.03. The van der Waals surface area contributed by atoms with Crippen LogP contribution in [0.4, 0.5) is 20.2 Å². The fourth-order valence-corrected chi connectivity index (χ4v) is 6.73. The maximum Gasteiger partial charge on any atom is 0.304 e. The van der Waals surface area contributed by atoms with Gasteiger partial charge in [0.05, 0.1) is 55.5 Å². The number of halogens is 2. The van der Waals surface area contributed by atoms with E-state index in [0.717, 1.165) is 41.0 Å². The molecule has 2 heterocycles. The zero-order valence-electron chi connectivity index (χ0n) is 32.7. The molecule has 316 valence electrons. The number of hydrogen-bond donors (Lipinski definition) is 0. The summed E-state index contributed by atoms with van der Waals surface area (Å²) in [6.07, 6.45) is 2.40. The van der Waals surface area contributed by atoms with Crippen LogP contribution in [0.25, 0.3) is 11.1 Å². The molecule has 0 spiro atoms. The van der Waals surface area contributed by atoms with Crippen molar-refractivity contribution in [1.82, 2.24) is 9.80 Å². The molecule has 0 N–H and O–H groups in total. The summed E-state index contributed by atoms with van der Waals surface area (Å²) in [5.74, 6) is -3.69. The van der Waals surface area contributed by atoms with E-state index in [4.69, 9.17) is 23.7 Å². The van der Waals surface area contributed by atoms with Crippen molar-refractivity contribution in [3.63, 3.8) is 0 Å². The second-order valence-electron chi connectivity index (χ2n) is 13.5. The van der Waals surface area contributed by atoms with Crippen LogP contribution in [0.2, 0.25) is 0 Å². The predicted molar refractivity (Wildman–Crippen MR) is 211 cm³/mol. The minimum atomic E-state index is -1.15. The molecule has 19 heteroatoms. The van der Waals surface area contributed by atoms with Gasteiger partial charge in [0, 0.05) is 50.7 Å². The average Bonchev–Trinajstić information content (AvgIpc) is 3.87. The van der Waals surface area contributed by atoms with Gasteiger partial charge in [0.25, 0.3) is 23.2 Å². The topological polar surface area (TPSA) is 207 Å². The summed E-state index contributed by atoms with van der Waals surface area (Å²) in [5, 5.41) is 24.5. The van der Waals surface area contributed by atoms with Gasteiger partial charge in [-0.1, -0.05) is 24.3 Å². The van der Waals surface area contributed by atoms with Crippen LogP contribution in [0.15, 0.2) is 85.2 Å². The Hall–Kier alpha value is -7.70. The molecule has 2 amide bonds. The lowest BCUT2D eigenvalue weighted by Gasteiger charge is -2.23. The van der Waals surface area contributed by atoms with E-state index in [1.54, 1.807) is 0 Å². The maximum atomic E-state index is 13.9. The summed E-state index contributed by atoms with van der Waals surface area (Å²) in [6, 6.07) is 14.1. The Morgan fingerprint density at radius 3 is 1.57 bits per heavy atom. The summed E-state index contributed by atoms with van der Waals surface area (Å²) in [5.41, 5.74) is 0.101. The minimum absolute atomic E-state index is 0.0332. The SMILES string of the molecule is COc1cc(C(=O)N2C=C(c3ccc(F)cc3)C[C@H]2C=O)c([N+](=O)[O-])cc1OCCCOc1cc([N+](=O)[O-])c(C(=O)N2C=C(c3ccc(F)cc3)C[C@H]2OC(C)=O)cc1OC. The number of nitrogens with zero attached hydrogens (tertiary/aromatic N) is 4. The zero-order valence-corrected chi connectivity index (χ0v) is 32.7. The van der Waals surface area contributed by atoms with E-state index in [1.165, 1.54) is 75.2 Å². The first kappa shape index (κ1) is 42.9. The smallest absolute Gasteiger partial charge is 0.304 e. The molecule has 0 unspecified atom stereocenters. The molecule has 0 saturated heterocycles. The Morgan fingerprint density at radius 2 is 1.15 bits per heavy atom. The van der Waals surface area contributed by atoms with E-state index in [2.05, 4.69) is 0 Å². The van der Waals surface area contributed by atoms with E-state index in [0.29, 0.717) is 28.6 Å². The van der Waals surface area contributed by atoms with Gasteiger partial charge in [0.1, 0.15) is 29.0 Å². The molecule has 6 rings (SSSR count). The van der Waals surface area contributed by atoms with Crippen molar-refractivity contribution in [3.05, 3.63) is 139 Å². The van der Waals surface area contributed by atoms with Crippen LogP contribution >= 0.6 is 0 Å². The van der Waals surface area contributed by atoms with Gasteiger partial charge in [-0.25, -0.2) is 8.78 Å². The number of ether oxygens (including phenoxy) is 5. The normalized spacial score (nSPS) is 15.7. The van der Waals surface area contributed by atoms with Crippen molar-refractivity contribution in [3.8, 4) is 23.0 Å². The number of benzene rings is 4. The number of methoxy groups -OCH3 is 2. The van der Waals surface area contributed by atoms with Crippen LogP contribution in [0.1, 0.15) is 58.0 Å². The summed E-state index contributed by atoms with van der Waals surface area (Å²) in [6.45, 7) is 0.893. The van der Waals surface area contributed by atoms with Crippen molar-refractivity contribution >= 4 is 46.6 Å². The monoisotopic (exact) mass is 842 g/mol. The first-order chi connectivity index (χ1) is 29.2. The zero-order chi connectivity index (χ0) is 44.0. The number of rotatable bonds is 16. The van der Waals surface area contributed by atoms with Crippen molar-refractivity contribution < 1.29 is 61.5 Å². The Balaban J connectivity index is 1.16. The van der Waals surface area contributed by atoms with Gasteiger partial charge in [-0.2, -0.15) is 0 Å². The second-order valence-corrected chi connectivity index (χ2v) is 13.5. The molecule has 0 aliphatic carbocycles. The Labute approximate surface area is 345 Å². The fourth-order valence-electron chi connectivity index (χ4n) is 6.73. The molecule has 2 aliphatic heterocycles. The van der Waals surface area contributed by atoms with Gasteiger partial charge in [-0.3, -0.25) is 39.5 Å². The predicted octanol–water partition coefficient (Wildman–Crippen LogP) is 6.88. The molecule has 17 nitrogen and oxygen atoms in total. The van der Waals surface area contributed by atoms with E-state index >= 15 is 0 Å². The van der Waals surface area contributed by atoms with E-state index in [-0.39, 0.29) is 61.0 Å². The van der Waals surface area contributed by atoms with E-state index < -0.39 is 68.5 Å². The Kier molecular flexibility index (Phi) is 13.0. The molecule has 2 atom stereocenters. The van der Waals surface area contributed by atoms with Crippen LogP contribution < -0.4 is 18.9 Å². The largest absolute Gasteiger partial charge is 0.493 e. The highest BCUT2D eigenvalue weighted by Crippen LogP contribution is 2.40. The maximum absolute atomic E-state index is 13.9. The number of amides is 2. The van der Waals surface area contributed by atoms with Gasteiger partial charge in [-0.15, -0.1) is 0 Å². The van der Waals surface area contributed by atoms with Crippen LogP contribution in [0.3, 0.4) is 0 Å². The lowest BCUT2D eigenvalue weighted by Crippen LogP contribution is -2.36. The number of esters is 1. The molecule has 61 heavy (non-hydrogen) atoms. The number of hydrogen-bond acceptors (Lipinski definition) is 13. The molecular weight excluding hydrogens is 806 g/mol. The molecule has 0 bridgehead atoms. The third-order valence-corrected chi connectivity index (χ3v) is 9.66. The van der Waals surface area contributed by atoms with Gasteiger partial charge >= 0.3 is 5.97 Å². The van der Waals surface area contributed by atoms with Crippen LogP contribution in [0, 0.1) is 31.9 Å². The highest BCUT2D eigenvalue weighted by Gasteiger charge is 2.37. The number of aldehydes is 1. The molecule has 0 aromatic heterocycles. The highest BCUT2D eigenvalue weighted by atomic mass is 19.1. The lowest BCUT2D eigenvalue weighted by atomic mass is 10.0. The molecule has 4 aromatic carbocycles. The second kappa shape index (κ2) is 18.5. The van der Waals surface area contributed by atoms with Crippen LogP contribution in [-0.4, -0.2) is 83.4 Å².